The Morgan fingerprint density at radius 2 is 1.87 bits per heavy atom. The Morgan fingerprint density at radius 1 is 1.17 bits per heavy atom. The molecular formula is C21H20N4O4S. The van der Waals surface area contributed by atoms with Crippen molar-refractivity contribution in [3.05, 3.63) is 69.0 Å². The maximum Gasteiger partial charge on any atom is 0.269 e. The minimum absolute atomic E-state index is 0.0386. The van der Waals surface area contributed by atoms with E-state index in [1.54, 1.807) is 16.7 Å². The van der Waals surface area contributed by atoms with Crippen molar-refractivity contribution in [2.75, 3.05) is 11.1 Å². The average molecular weight is 424 g/mol. The highest BCUT2D eigenvalue weighted by Crippen LogP contribution is 2.32. The second-order valence-corrected chi connectivity index (χ2v) is 8.11. The number of hydrogen-bond donors (Lipinski definition) is 1. The largest absolute Gasteiger partial charge is 0.325 e. The molecule has 0 bridgehead atoms. The van der Waals surface area contributed by atoms with Gasteiger partial charge in [0.05, 0.1) is 21.6 Å². The number of carbonyl (C=O) groups is 1. The van der Waals surface area contributed by atoms with Gasteiger partial charge in [0.15, 0.2) is 5.16 Å². The third kappa shape index (κ3) is 4.20. The number of rotatable bonds is 6. The summed E-state index contributed by atoms with van der Waals surface area (Å²) in [5.74, 6) is -0.191. The number of carbonyl (C=O) groups excluding carboxylic acids is 1. The van der Waals surface area contributed by atoms with Crippen molar-refractivity contribution in [3.63, 3.8) is 0 Å². The summed E-state index contributed by atoms with van der Waals surface area (Å²) in [6.45, 7) is 0. The normalized spacial score (nSPS) is 14.1. The summed E-state index contributed by atoms with van der Waals surface area (Å²) in [5.41, 5.74) is 0.995. The Hall–Kier alpha value is -3.20. The fourth-order valence-electron chi connectivity index (χ4n) is 3.71. The predicted molar refractivity (Wildman–Crippen MR) is 116 cm³/mol. The van der Waals surface area contributed by atoms with E-state index in [-0.39, 0.29) is 28.9 Å². The first kappa shape index (κ1) is 20.1. The third-order valence-corrected chi connectivity index (χ3v) is 6.11. The van der Waals surface area contributed by atoms with Crippen LogP contribution in [-0.4, -0.2) is 26.1 Å². The molecule has 154 valence electrons. The molecule has 1 amide bonds. The number of thioether (sulfide) groups is 1. The van der Waals surface area contributed by atoms with Crippen molar-refractivity contribution in [3.8, 4) is 0 Å². The Kier molecular flexibility index (Phi) is 5.80. The molecule has 0 saturated heterocycles. The summed E-state index contributed by atoms with van der Waals surface area (Å²) in [5, 5.41) is 14.6. The van der Waals surface area contributed by atoms with Crippen molar-refractivity contribution in [2.24, 2.45) is 0 Å². The molecule has 0 aliphatic heterocycles. The van der Waals surface area contributed by atoms with Crippen LogP contribution < -0.4 is 10.9 Å². The van der Waals surface area contributed by atoms with Crippen molar-refractivity contribution in [1.29, 1.82) is 0 Å². The van der Waals surface area contributed by atoms with Crippen LogP contribution in [0.3, 0.4) is 0 Å². The summed E-state index contributed by atoms with van der Waals surface area (Å²) in [4.78, 5) is 40.4. The highest BCUT2D eigenvalue weighted by Gasteiger charge is 2.23. The minimum atomic E-state index is -0.491. The molecule has 0 atom stereocenters. The van der Waals surface area contributed by atoms with Crippen LogP contribution in [-0.2, 0) is 4.79 Å². The van der Waals surface area contributed by atoms with E-state index in [1.807, 2.05) is 12.1 Å². The molecule has 0 spiro atoms. The highest BCUT2D eigenvalue weighted by molar-refractivity contribution is 7.99. The highest BCUT2D eigenvalue weighted by atomic mass is 32.2. The maximum absolute atomic E-state index is 13.1. The summed E-state index contributed by atoms with van der Waals surface area (Å²) < 4.78 is 1.75. The Morgan fingerprint density at radius 3 is 2.57 bits per heavy atom. The van der Waals surface area contributed by atoms with Crippen LogP contribution in [0.15, 0.2) is 58.5 Å². The molecule has 30 heavy (non-hydrogen) atoms. The molecule has 1 aromatic heterocycles. The van der Waals surface area contributed by atoms with Crippen molar-refractivity contribution in [2.45, 2.75) is 36.9 Å². The van der Waals surface area contributed by atoms with Gasteiger partial charge in [-0.3, -0.25) is 24.3 Å². The van der Waals surface area contributed by atoms with Crippen LogP contribution in [0.5, 0.6) is 0 Å². The van der Waals surface area contributed by atoms with Crippen LogP contribution in [0.4, 0.5) is 11.4 Å². The number of aromatic nitrogens is 2. The van der Waals surface area contributed by atoms with E-state index in [0.717, 1.165) is 25.7 Å². The first-order valence-corrected chi connectivity index (χ1v) is 10.7. The lowest BCUT2D eigenvalue weighted by molar-refractivity contribution is -0.384. The number of nitro groups is 1. The first-order valence-electron chi connectivity index (χ1n) is 9.71. The van der Waals surface area contributed by atoms with Crippen molar-refractivity contribution >= 4 is 39.9 Å². The third-order valence-electron chi connectivity index (χ3n) is 5.16. The Balaban J connectivity index is 1.54. The quantitative estimate of drug-likeness (QED) is 0.276. The van der Waals surface area contributed by atoms with E-state index in [2.05, 4.69) is 10.3 Å². The molecule has 0 unspecified atom stereocenters. The van der Waals surface area contributed by atoms with Crippen LogP contribution in [0.2, 0.25) is 0 Å². The summed E-state index contributed by atoms with van der Waals surface area (Å²) in [6.07, 6.45) is 4.02. The molecule has 8 nitrogen and oxygen atoms in total. The fraction of sp³-hybridized carbons (Fsp3) is 0.286. The SMILES string of the molecule is O=C(CSc1nc2ccccc2c(=O)n1C1CCCC1)Nc1ccc([N+](=O)[O-])cc1. The standard InChI is InChI=1S/C21H20N4O4S/c26-19(22-14-9-11-16(12-10-14)25(28)29)13-30-21-23-18-8-4-3-7-17(18)20(27)24(21)15-5-1-2-6-15/h3-4,7-12,15H,1-2,5-6,13H2,(H,22,26). The molecule has 1 fully saturated rings. The number of nitrogens with one attached hydrogen (secondary N) is 1. The molecule has 1 aliphatic carbocycles. The number of hydrogen-bond acceptors (Lipinski definition) is 6. The zero-order chi connectivity index (χ0) is 21.1. The van der Waals surface area contributed by atoms with E-state index in [0.29, 0.717) is 21.7 Å². The molecule has 1 N–H and O–H groups in total. The zero-order valence-electron chi connectivity index (χ0n) is 16.1. The van der Waals surface area contributed by atoms with Crippen LogP contribution >= 0.6 is 11.8 Å². The topological polar surface area (TPSA) is 107 Å². The van der Waals surface area contributed by atoms with Gasteiger partial charge in [-0.25, -0.2) is 4.98 Å². The summed E-state index contributed by atoms with van der Waals surface area (Å²) in [7, 11) is 0. The molecule has 1 heterocycles. The molecule has 4 rings (SSSR count). The molecule has 1 saturated carbocycles. The molecule has 1 aliphatic rings. The second-order valence-electron chi connectivity index (χ2n) is 7.17. The van der Waals surface area contributed by atoms with E-state index in [4.69, 9.17) is 0 Å². The lowest BCUT2D eigenvalue weighted by atomic mass is 10.2. The van der Waals surface area contributed by atoms with Gasteiger partial charge in [0, 0.05) is 23.9 Å². The fourth-order valence-corrected chi connectivity index (χ4v) is 4.57. The van der Waals surface area contributed by atoms with Gasteiger partial charge >= 0.3 is 0 Å². The van der Waals surface area contributed by atoms with Crippen LogP contribution in [0, 0.1) is 10.1 Å². The molecular weight excluding hydrogens is 404 g/mol. The van der Waals surface area contributed by atoms with Gasteiger partial charge in [0.25, 0.3) is 11.2 Å². The predicted octanol–water partition coefficient (Wildman–Crippen LogP) is 4.15. The van der Waals surface area contributed by atoms with Gasteiger partial charge in [0.1, 0.15) is 0 Å². The Bertz CT molecular complexity index is 1150. The van der Waals surface area contributed by atoms with E-state index in [1.165, 1.54) is 36.0 Å². The second kappa shape index (κ2) is 8.66. The van der Waals surface area contributed by atoms with Crippen molar-refractivity contribution < 1.29 is 9.72 Å². The van der Waals surface area contributed by atoms with Gasteiger partial charge in [0.2, 0.25) is 5.91 Å². The summed E-state index contributed by atoms with van der Waals surface area (Å²) >= 11 is 1.23. The number of fused-ring (bicyclic) bond motifs is 1. The molecule has 3 aromatic rings. The number of benzene rings is 2. The number of nitrogens with zero attached hydrogens (tertiary/aromatic N) is 3. The van der Waals surface area contributed by atoms with Crippen LogP contribution in [0.25, 0.3) is 10.9 Å². The lowest BCUT2D eigenvalue weighted by Gasteiger charge is -2.18. The monoisotopic (exact) mass is 424 g/mol. The molecule has 2 aromatic carbocycles. The Labute approximate surface area is 176 Å². The number of amides is 1. The number of para-hydroxylation sites is 1. The smallest absolute Gasteiger partial charge is 0.269 e. The molecule has 9 heteroatoms. The minimum Gasteiger partial charge on any atom is -0.325 e. The van der Waals surface area contributed by atoms with E-state index in [9.17, 15) is 19.7 Å². The van der Waals surface area contributed by atoms with Gasteiger partial charge in [-0.15, -0.1) is 0 Å². The number of nitro benzene ring substituents is 1. The zero-order valence-corrected chi connectivity index (χ0v) is 16.9. The van der Waals surface area contributed by atoms with Gasteiger partial charge in [-0.1, -0.05) is 36.7 Å². The first-order chi connectivity index (χ1) is 14.5. The average Bonchev–Trinajstić information content (AvgIpc) is 3.27. The van der Waals surface area contributed by atoms with Gasteiger partial charge in [-0.05, 0) is 37.1 Å². The number of non-ortho nitro benzene ring substituents is 1. The van der Waals surface area contributed by atoms with Gasteiger partial charge in [-0.2, -0.15) is 0 Å². The van der Waals surface area contributed by atoms with E-state index >= 15 is 0 Å². The van der Waals surface area contributed by atoms with E-state index < -0.39 is 4.92 Å². The van der Waals surface area contributed by atoms with Crippen LogP contribution in [0.1, 0.15) is 31.7 Å². The number of anilines is 1. The van der Waals surface area contributed by atoms with Gasteiger partial charge < -0.3 is 5.32 Å². The maximum atomic E-state index is 13.1. The lowest BCUT2D eigenvalue weighted by Crippen LogP contribution is -2.27. The van der Waals surface area contributed by atoms with Crippen molar-refractivity contribution in [1.82, 2.24) is 9.55 Å². The summed E-state index contributed by atoms with van der Waals surface area (Å²) in [6, 6.07) is 13.0. The molecule has 0 radical (unpaired) electrons.